The maximum absolute atomic E-state index is 7.69. The Morgan fingerprint density at radius 2 is 2.43 bits per heavy atom. The number of aromatic nitrogens is 2. The first kappa shape index (κ1) is 18.2. The predicted octanol–water partition coefficient (Wildman–Crippen LogP) is 2.68. The lowest BCUT2D eigenvalue weighted by Gasteiger charge is -2.10. The van der Waals surface area contributed by atoms with E-state index in [-0.39, 0.29) is 0 Å². The molecule has 0 saturated heterocycles. The van der Waals surface area contributed by atoms with Crippen LogP contribution in [0.25, 0.3) is 0 Å². The maximum Gasteiger partial charge on any atom is 0.139 e. The van der Waals surface area contributed by atoms with Crippen LogP contribution in [-0.4, -0.2) is 41.0 Å². The Bertz CT molecular complexity index is 451. The average Bonchev–Trinajstić information content (AvgIpc) is 2.85. The Kier molecular flexibility index (Phi) is 9.44. The fraction of sp³-hybridized carbons (Fsp3) is 0.538. The van der Waals surface area contributed by atoms with E-state index in [1.54, 1.807) is 19.5 Å². The number of hydrogen-bond donors (Lipinski definition) is 2. The molecule has 2 atom stereocenters. The summed E-state index contributed by atoms with van der Waals surface area (Å²) in [5.41, 5.74) is 1.06. The van der Waals surface area contributed by atoms with Gasteiger partial charge in [-0.3, -0.25) is 0 Å². The van der Waals surface area contributed by atoms with Crippen molar-refractivity contribution in [1.82, 2.24) is 9.55 Å². The highest BCUT2D eigenvalue weighted by atomic mass is 31.1. The molecule has 0 fully saturated rings. The number of rotatable bonds is 12. The largest absolute Gasteiger partial charge is 0.373 e. The van der Waals surface area contributed by atoms with Gasteiger partial charge in [-0.15, -0.1) is 9.24 Å². The number of imidazole rings is 1. The summed E-state index contributed by atoms with van der Waals surface area (Å²) < 4.78 is 12.9. The second-order valence-corrected chi connectivity index (χ2v) is 5.74. The zero-order valence-corrected chi connectivity index (χ0v) is 14.5. The summed E-state index contributed by atoms with van der Waals surface area (Å²) in [6, 6.07) is 0. The molecule has 2 N–H and O–H groups in total. The van der Waals surface area contributed by atoms with Gasteiger partial charge in [0.1, 0.15) is 11.5 Å². The van der Waals surface area contributed by atoms with Gasteiger partial charge in [-0.05, 0) is 25.7 Å². The van der Waals surface area contributed by atoms with Crippen LogP contribution in [0.5, 0.6) is 0 Å². The van der Waals surface area contributed by atoms with Crippen molar-refractivity contribution in [2.24, 2.45) is 0 Å². The molecule has 1 aromatic rings. The van der Waals surface area contributed by atoms with Crippen molar-refractivity contribution in [3.05, 3.63) is 24.8 Å². The van der Waals surface area contributed by atoms with Crippen LogP contribution in [0, 0.1) is 5.41 Å². The molecule has 21 heavy (non-hydrogen) atoms. The van der Waals surface area contributed by atoms with E-state index in [1.807, 2.05) is 4.57 Å². The molecule has 0 spiro atoms. The van der Waals surface area contributed by atoms with Crippen molar-refractivity contribution in [3.63, 3.8) is 0 Å². The first-order valence-electron chi connectivity index (χ1n) is 6.81. The Hall–Kier alpha value is -0.800. The van der Waals surface area contributed by atoms with Crippen LogP contribution in [0.1, 0.15) is 19.0 Å². The number of hydrogen-bond acceptors (Lipinski definition) is 5. The van der Waals surface area contributed by atoms with Gasteiger partial charge >= 0.3 is 0 Å². The molecule has 0 bridgehead atoms. The molecule has 0 amide bonds. The zero-order valence-electron chi connectivity index (χ0n) is 12.4. The van der Waals surface area contributed by atoms with E-state index in [0.29, 0.717) is 39.7 Å². The van der Waals surface area contributed by atoms with Gasteiger partial charge in [0.15, 0.2) is 0 Å². The average molecular weight is 330 g/mol. The Balaban J connectivity index is 2.31. The van der Waals surface area contributed by atoms with Crippen LogP contribution < -0.4 is 5.32 Å². The summed E-state index contributed by atoms with van der Waals surface area (Å²) in [4.78, 5) is 4.23. The maximum atomic E-state index is 7.69. The van der Waals surface area contributed by atoms with E-state index in [4.69, 9.17) is 14.7 Å². The minimum atomic E-state index is 0.386. The molecule has 1 aromatic heterocycles. The van der Waals surface area contributed by atoms with Crippen LogP contribution in [-0.2, 0) is 15.8 Å². The third-order valence-corrected chi connectivity index (χ3v) is 3.76. The van der Waals surface area contributed by atoms with E-state index in [0.717, 1.165) is 25.0 Å². The van der Waals surface area contributed by atoms with Gasteiger partial charge in [-0.2, -0.15) is 0 Å². The van der Waals surface area contributed by atoms with Gasteiger partial charge in [0.2, 0.25) is 0 Å². The summed E-state index contributed by atoms with van der Waals surface area (Å²) in [6.07, 6.45) is 6.05. The molecule has 0 radical (unpaired) electrons. The monoisotopic (exact) mass is 330 g/mol. The highest BCUT2D eigenvalue weighted by Crippen LogP contribution is 2.16. The molecule has 1 rings (SSSR count). The van der Waals surface area contributed by atoms with Gasteiger partial charge in [-0.1, -0.05) is 6.58 Å². The molecule has 2 unspecified atom stereocenters. The molecule has 0 aliphatic rings. The van der Waals surface area contributed by atoms with Crippen LogP contribution in [0.15, 0.2) is 19.1 Å². The lowest BCUT2D eigenvalue weighted by molar-refractivity contribution is 0.164. The van der Waals surface area contributed by atoms with E-state index in [2.05, 4.69) is 26.1 Å². The van der Waals surface area contributed by atoms with Crippen molar-refractivity contribution in [2.45, 2.75) is 19.9 Å². The molecule has 0 aliphatic heterocycles. The van der Waals surface area contributed by atoms with Crippen LogP contribution in [0.4, 0.5) is 5.82 Å². The van der Waals surface area contributed by atoms with Crippen LogP contribution >= 0.6 is 18.0 Å². The molecule has 118 valence electrons. The quantitative estimate of drug-likeness (QED) is 0.351. The Morgan fingerprint density at radius 3 is 3.10 bits per heavy atom. The van der Waals surface area contributed by atoms with Gasteiger partial charge in [-0.25, -0.2) is 4.98 Å². The lowest BCUT2D eigenvalue weighted by Crippen LogP contribution is -2.09. The van der Waals surface area contributed by atoms with Crippen molar-refractivity contribution in [3.8, 4) is 0 Å². The highest BCUT2D eigenvalue weighted by molar-refractivity contribution is 7.31. The molecule has 0 aliphatic carbocycles. The SMILES string of the molecule is C=CNc1c(C(C)=N)ncn1CCOCPOCCCP. The van der Waals surface area contributed by atoms with Gasteiger partial charge < -0.3 is 24.6 Å². The molecule has 6 nitrogen and oxygen atoms in total. The third-order valence-electron chi connectivity index (χ3n) is 2.62. The minimum Gasteiger partial charge on any atom is -0.373 e. The first-order chi connectivity index (χ1) is 10.2. The smallest absolute Gasteiger partial charge is 0.139 e. The van der Waals surface area contributed by atoms with Crippen molar-refractivity contribution in [2.75, 3.05) is 31.0 Å². The minimum absolute atomic E-state index is 0.386. The number of anilines is 1. The predicted molar refractivity (Wildman–Crippen MR) is 92.8 cm³/mol. The second kappa shape index (κ2) is 10.9. The fourth-order valence-electron chi connectivity index (χ4n) is 1.62. The number of nitrogens with zero attached hydrogens (tertiary/aromatic N) is 2. The molecule has 8 heteroatoms. The number of nitrogens with one attached hydrogen (secondary N) is 2. The van der Waals surface area contributed by atoms with Crippen molar-refractivity contribution >= 4 is 29.6 Å². The van der Waals surface area contributed by atoms with E-state index < -0.39 is 0 Å². The van der Waals surface area contributed by atoms with E-state index >= 15 is 0 Å². The molecule has 1 heterocycles. The molecule has 0 aromatic carbocycles. The lowest BCUT2D eigenvalue weighted by atomic mass is 10.3. The molecule has 0 saturated carbocycles. The Morgan fingerprint density at radius 1 is 1.62 bits per heavy atom. The topological polar surface area (TPSA) is 72.2 Å². The third kappa shape index (κ3) is 6.66. The van der Waals surface area contributed by atoms with Crippen molar-refractivity contribution < 1.29 is 9.26 Å². The first-order valence-corrected chi connectivity index (χ1v) is 8.74. The number of ether oxygens (including phenoxy) is 1. The van der Waals surface area contributed by atoms with Crippen molar-refractivity contribution in [1.29, 1.82) is 5.41 Å². The molecular formula is C13H24N4O2P2. The van der Waals surface area contributed by atoms with Gasteiger partial charge in [0.25, 0.3) is 0 Å². The summed E-state index contributed by atoms with van der Waals surface area (Å²) in [7, 11) is 3.07. The molecular weight excluding hydrogens is 306 g/mol. The standard InChI is InChI=1S/C13H24N4O2P2/c1-3-15-13-12(11(2)14)16-9-17(13)5-7-18-10-21-19-6-4-8-20/h3,9,14-15,21H,1,4-8,10,20H2,2H3. The summed E-state index contributed by atoms with van der Waals surface area (Å²) in [6.45, 7) is 7.41. The van der Waals surface area contributed by atoms with E-state index in [1.165, 1.54) is 0 Å². The van der Waals surface area contributed by atoms with Gasteiger partial charge in [0.05, 0.1) is 31.6 Å². The summed E-state index contributed by atoms with van der Waals surface area (Å²) >= 11 is 0. The summed E-state index contributed by atoms with van der Waals surface area (Å²) in [5, 5.41) is 10.7. The van der Waals surface area contributed by atoms with Gasteiger partial charge in [0, 0.05) is 15.4 Å². The normalized spacial score (nSPS) is 11.1. The van der Waals surface area contributed by atoms with E-state index in [9.17, 15) is 0 Å². The highest BCUT2D eigenvalue weighted by Gasteiger charge is 2.11. The zero-order chi connectivity index (χ0) is 15.5. The van der Waals surface area contributed by atoms with Crippen LogP contribution in [0.3, 0.4) is 0 Å². The Labute approximate surface area is 130 Å². The summed E-state index contributed by atoms with van der Waals surface area (Å²) in [5.74, 6) is 0.778. The second-order valence-electron chi connectivity index (χ2n) is 4.30. The van der Waals surface area contributed by atoms with Crippen LogP contribution in [0.2, 0.25) is 0 Å². The fourth-order valence-corrected chi connectivity index (χ4v) is 2.39.